The Labute approximate surface area is 245 Å². The van der Waals surface area contributed by atoms with E-state index in [1.54, 1.807) is 25.5 Å². The van der Waals surface area contributed by atoms with Gasteiger partial charge in [-0.2, -0.15) is 13.1 Å². The molecule has 1 aliphatic heterocycles. The number of piperidine rings is 1. The number of nitrogens with one attached hydrogen (secondary N) is 4. The molecule has 226 valence electrons. The van der Waals surface area contributed by atoms with Gasteiger partial charge in [0.25, 0.3) is 0 Å². The third-order valence-electron chi connectivity index (χ3n) is 6.34. The first kappa shape index (κ1) is 32.4. The fourth-order valence-electron chi connectivity index (χ4n) is 4.33. The lowest BCUT2D eigenvalue weighted by Crippen LogP contribution is -2.53. The van der Waals surface area contributed by atoms with Gasteiger partial charge in [-0.05, 0) is 66.5 Å². The normalized spacial score (nSPS) is 16.9. The number of rotatable bonds is 12. The van der Waals surface area contributed by atoms with Crippen molar-refractivity contribution < 1.29 is 27.5 Å². The Bertz CT molecular complexity index is 1280. The second kappa shape index (κ2) is 14.7. The second-order valence-corrected chi connectivity index (χ2v) is 13.3. The van der Waals surface area contributed by atoms with Crippen LogP contribution in [0.3, 0.4) is 0 Å². The highest BCUT2D eigenvalue weighted by Gasteiger charge is 2.30. The summed E-state index contributed by atoms with van der Waals surface area (Å²) in [6.07, 6.45) is 2.70. The largest absolute Gasteiger partial charge is 0.443 e. The summed E-state index contributed by atoms with van der Waals surface area (Å²) in [5.41, 5.74) is 0.828. The van der Waals surface area contributed by atoms with Crippen molar-refractivity contribution in [1.29, 1.82) is 0 Å². The summed E-state index contributed by atoms with van der Waals surface area (Å²) in [7, 11) is -2.21. The highest BCUT2D eigenvalue weighted by Crippen LogP contribution is 2.25. The number of hydrogen-bond donors (Lipinski definition) is 4. The lowest BCUT2D eigenvalue weighted by Gasteiger charge is -2.32. The zero-order valence-corrected chi connectivity index (χ0v) is 25.6. The first-order valence-electron chi connectivity index (χ1n) is 13.7. The molecule has 0 aliphatic carbocycles. The third-order valence-corrected chi connectivity index (χ3v) is 8.12. The predicted octanol–water partition coefficient (Wildman–Crippen LogP) is 3.25. The van der Waals surface area contributed by atoms with E-state index < -0.39 is 33.9 Å². The number of hydrogen-bond acceptors (Lipinski definition) is 9. The van der Waals surface area contributed by atoms with Gasteiger partial charge in [0.2, 0.25) is 11.8 Å². The van der Waals surface area contributed by atoms with Gasteiger partial charge in [-0.15, -0.1) is 11.3 Å². The number of amides is 3. The van der Waals surface area contributed by atoms with Gasteiger partial charge in [-0.1, -0.05) is 36.8 Å². The number of ether oxygens (including phenoxy) is 1. The van der Waals surface area contributed by atoms with Crippen LogP contribution in [0.2, 0.25) is 0 Å². The number of aromatic nitrogens is 1. The summed E-state index contributed by atoms with van der Waals surface area (Å²) in [5, 5.41) is 8.00. The molecular formula is C27H40N6O6S2. The Balaban J connectivity index is 1.57. The molecule has 0 saturated carbocycles. The molecule has 1 saturated heterocycles. The topological polar surface area (TPSA) is 159 Å². The van der Waals surface area contributed by atoms with Crippen molar-refractivity contribution in [2.45, 2.75) is 77.0 Å². The molecule has 12 nitrogen and oxygen atoms in total. The molecular weight excluding hydrogens is 568 g/mol. The standard InChI is InChI=1S/C27H40N6O6S2/c1-27(2,3)39-26(36)32-41(37,38)28-16-10-8-14-20(29-24(35)22-15-9-11-17-33(22)4)23(34)31-25-30-21(18-40-25)19-12-6-5-7-13-19/h5-7,12-13,18,20,22,28H,8-11,14-17H2,1-4H3,(H,29,35)(H,32,36)(H,30,31,34)/t20-,22?/m0/s1. The van der Waals surface area contributed by atoms with Gasteiger partial charge in [0.1, 0.15) is 11.6 Å². The van der Waals surface area contributed by atoms with Crippen LogP contribution in [0.15, 0.2) is 35.7 Å². The maximum Gasteiger partial charge on any atom is 0.422 e. The zero-order valence-electron chi connectivity index (χ0n) is 23.9. The maximum absolute atomic E-state index is 13.3. The number of carbonyl (C=O) groups excluding carboxylic acids is 3. The van der Waals surface area contributed by atoms with Crippen molar-refractivity contribution in [3.05, 3.63) is 35.7 Å². The van der Waals surface area contributed by atoms with E-state index in [0.29, 0.717) is 18.0 Å². The Kier molecular flexibility index (Phi) is 11.6. The van der Waals surface area contributed by atoms with Crippen LogP contribution >= 0.6 is 11.3 Å². The molecule has 41 heavy (non-hydrogen) atoms. The van der Waals surface area contributed by atoms with Crippen LogP contribution in [0.5, 0.6) is 0 Å². The van der Waals surface area contributed by atoms with Crippen LogP contribution in [0.1, 0.15) is 59.3 Å². The van der Waals surface area contributed by atoms with Crippen molar-refractivity contribution in [2.75, 3.05) is 25.5 Å². The van der Waals surface area contributed by atoms with Gasteiger partial charge in [0.15, 0.2) is 5.13 Å². The highest BCUT2D eigenvalue weighted by atomic mass is 32.2. The minimum atomic E-state index is -4.11. The van der Waals surface area contributed by atoms with Gasteiger partial charge in [0, 0.05) is 17.5 Å². The van der Waals surface area contributed by atoms with Crippen LogP contribution in [0, 0.1) is 0 Å². The minimum absolute atomic E-state index is 0.0265. The molecule has 1 aromatic carbocycles. The van der Waals surface area contributed by atoms with E-state index in [4.69, 9.17) is 4.74 Å². The Morgan fingerprint density at radius 1 is 1.15 bits per heavy atom. The van der Waals surface area contributed by atoms with Crippen LogP contribution in [-0.4, -0.2) is 74.0 Å². The van der Waals surface area contributed by atoms with Gasteiger partial charge >= 0.3 is 16.3 Å². The number of benzene rings is 1. The fourth-order valence-corrected chi connectivity index (χ4v) is 5.80. The van der Waals surface area contributed by atoms with E-state index in [-0.39, 0.29) is 24.9 Å². The average Bonchev–Trinajstić information content (AvgIpc) is 3.35. The molecule has 2 atom stereocenters. The van der Waals surface area contributed by atoms with Gasteiger partial charge < -0.3 is 15.4 Å². The summed E-state index contributed by atoms with van der Waals surface area (Å²) in [5.74, 6) is -0.600. The Hall–Kier alpha value is -3.07. The summed E-state index contributed by atoms with van der Waals surface area (Å²) in [6, 6.07) is 8.46. The van der Waals surface area contributed by atoms with Crippen LogP contribution in [0.4, 0.5) is 9.93 Å². The summed E-state index contributed by atoms with van der Waals surface area (Å²) in [6.45, 7) is 5.72. The number of nitrogens with zero attached hydrogens (tertiary/aromatic N) is 2. The Morgan fingerprint density at radius 2 is 1.88 bits per heavy atom. The molecule has 0 radical (unpaired) electrons. The SMILES string of the molecule is CN1CCCCC1C(=O)N[C@@H](CCCCNS(=O)(=O)NC(=O)OC(C)(C)C)C(=O)Nc1nc(-c2ccccc2)cs1. The summed E-state index contributed by atoms with van der Waals surface area (Å²) < 4.78 is 33.3. The molecule has 1 aliphatic rings. The number of unbranched alkanes of at least 4 members (excludes halogenated alkanes) is 1. The molecule has 3 rings (SSSR count). The lowest BCUT2D eigenvalue weighted by atomic mass is 10.0. The highest BCUT2D eigenvalue weighted by molar-refractivity contribution is 7.88. The van der Waals surface area contributed by atoms with Gasteiger partial charge in [-0.3, -0.25) is 14.5 Å². The molecule has 1 fully saturated rings. The monoisotopic (exact) mass is 608 g/mol. The van der Waals surface area contributed by atoms with Crippen molar-refractivity contribution in [3.63, 3.8) is 0 Å². The second-order valence-electron chi connectivity index (χ2n) is 10.9. The third kappa shape index (κ3) is 11.0. The molecule has 0 bridgehead atoms. The van der Waals surface area contributed by atoms with Crippen LogP contribution in [-0.2, 0) is 24.5 Å². The van der Waals surface area contributed by atoms with Crippen molar-refractivity contribution in [2.24, 2.45) is 0 Å². The van der Waals surface area contributed by atoms with Crippen molar-refractivity contribution in [3.8, 4) is 11.3 Å². The molecule has 2 heterocycles. The molecule has 1 unspecified atom stereocenters. The first-order chi connectivity index (χ1) is 19.3. The first-order valence-corrected chi connectivity index (χ1v) is 16.0. The Morgan fingerprint density at radius 3 is 2.56 bits per heavy atom. The van der Waals surface area contributed by atoms with E-state index in [2.05, 4.69) is 20.3 Å². The molecule has 2 aromatic rings. The maximum atomic E-state index is 13.3. The molecule has 3 amide bonds. The minimum Gasteiger partial charge on any atom is -0.443 e. The number of thiazole rings is 1. The summed E-state index contributed by atoms with van der Waals surface area (Å²) in [4.78, 5) is 44.6. The smallest absolute Gasteiger partial charge is 0.422 e. The van der Waals surface area contributed by atoms with Gasteiger partial charge in [0.05, 0.1) is 11.7 Å². The molecule has 1 aromatic heterocycles. The number of likely N-dealkylation sites (tertiary alicyclic amines) is 1. The van der Waals surface area contributed by atoms with E-state index in [0.717, 1.165) is 37.1 Å². The summed E-state index contributed by atoms with van der Waals surface area (Å²) >= 11 is 1.29. The van der Waals surface area contributed by atoms with Crippen molar-refractivity contribution >= 4 is 44.6 Å². The molecule has 0 spiro atoms. The van der Waals surface area contributed by atoms with E-state index >= 15 is 0 Å². The van der Waals surface area contributed by atoms with E-state index in [9.17, 15) is 22.8 Å². The number of anilines is 1. The van der Waals surface area contributed by atoms with E-state index in [1.165, 1.54) is 11.3 Å². The fraction of sp³-hybridized carbons (Fsp3) is 0.556. The van der Waals surface area contributed by atoms with Crippen LogP contribution in [0.25, 0.3) is 11.3 Å². The number of carbonyl (C=O) groups is 3. The van der Waals surface area contributed by atoms with Crippen LogP contribution < -0.4 is 20.1 Å². The lowest BCUT2D eigenvalue weighted by molar-refractivity contribution is -0.131. The number of likely N-dealkylation sites (N-methyl/N-ethyl adjacent to an activating group) is 1. The van der Waals surface area contributed by atoms with Crippen molar-refractivity contribution in [1.82, 2.24) is 24.6 Å². The van der Waals surface area contributed by atoms with E-state index in [1.807, 2.05) is 47.7 Å². The molecule has 4 N–H and O–H groups in total. The quantitative estimate of drug-likeness (QED) is 0.267. The van der Waals surface area contributed by atoms with Gasteiger partial charge in [-0.25, -0.2) is 14.5 Å². The average molecular weight is 609 g/mol. The molecule has 14 heteroatoms. The zero-order chi connectivity index (χ0) is 30.0. The predicted molar refractivity (Wildman–Crippen MR) is 159 cm³/mol.